The summed E-state index contributed by atoms with van der Waals surface area (Å²) in [6, 6.07) is 20.9. The van der Waals surface area contributed by atoms with Crippen LogP contribution >= 0.6 is 0 Å². The van der Waals surface area contributed by atoms with Gasteiger partial charge in [0, 0.05) is 25.1 Å². The first kappa shape index (κ1) is 32.5. The lowest BCUT2D eigenvalue weighted by atomic mass is 10.0. The van der Waals surface area contributed by atoms with Crippen LogP contribution in [0.15, 0.2) is 72.8 Å². The average molecular weight is 596 g/mol. The van der Waals surface area contributed by atoms with Crippen molar-refractivity contribution in [2.75, 3.05) is 31.3 Å². The van der Waals surface area contributed by atoms with Gasteiger partial charge in [0.25, 0.3) is 0 Å². The van der Waals surface area contributed by atoms with E-state index in [1.807, 2.05) is 75.4 Å². The number of nitrogens with zero attached hydrogens (tertiary/aromatic N) is 2. The molecule has 0 aliphatic heterocycles. The standard InChI is InChI=1S/C32H41N3O6S/c1-7-24(3)33-32(37)29(19-25-11-9-8-10-12-25)34(21-26-15-13-23(2)14-16-26)31(36)22-35(42(6,38)39)28-20-27(40-4)17-18-30(28)41-5/h8-18,20,24,29H,7,19,21-22H2,1-6H3,(H,33,37)/t24-,29+/m1/s1. The number of anilines is 1. The number of nitrogens with one attached hydrogen (secondary N) is 1. The molecule has 0 aliphatic carbocycles. The fourth-order valence-corrected chi connectivity index (χ4v) is 5.32. The number of amides is 2. The molecule has 0 spiro atoms. The molecule has 0 aromatic heterocycles. The van der Waals surface area contributed by atoms with E-state index >= 15 is 0 Å². The molecule has 0 aliphatic rings. The van der Waals surface area contributed by atoms with Gasteiger partial charge in [-0.05, 0) is 43.5 Å². The lowest BCUT2D eigenvalue weighted by Crippen LogP contribution is -2.54. The van der Waals surface area contributed by atoms with Crippen LogP contribution in [0.2, 0.25) is 0 Å². The number of methoxy groups -OCH3 is 2. The smallest absolute Gasteiger partial charge is 0.244 e. The number of carbonyl (C=O) groups excluding carboxylic acids is 2. The van der Waals surface area contributed by atoms with Gasteiger partial charge in [0.15, 0.2) is 0 Å². The maximum Gasteiger partial charge on any atom is 0.244 e. The van der Waals surface area contributed by atoms with Crippen molar-refractivity contribution >= 4 is 27.5 Å². The highest BCUT2D eigenvalue weighted by Gasteiger charge is 2.34. The van der Waals surface area contributed by atoms with Crippen LogP contribution in [-0.2, 0) is 32.6 Å². The second-order valence-electron chi connectivity index (χ2n) is 10.3. The van der Waals surface area contributed by atoms with E-state index in [0.717, 1.165) is 27.3 Å². The summed E-state index contributed by atoms with van der Waals surface area (Å²) in [4.78, 5) is 29.5. The average Bonchev–Trinajstić information content (AvgIpc) is 2.97. The minimum atomic E-state index is -3.96. The van der Waals surface area contributed by atoms with E-state index < -0.39 is 28.5 Å². The molecule has 9 nitrogen and oxygen atoms in total. The van der Waals surface area contributed by atoms with Crippen molar-refractivity contribution in [2.24, 2.45) is 0 Å². The lowest BCUT2D eigenvalue weighted by Gasteiger charge is -2.34. The zero-order valence-electron chi connectivity index (χ0n) is 25.2. The van der Waals surface area contributed by atoms with Gasteiger partial charge in [-0.2, -0.15) is 0 Å². The lowest BCUT2D eigenvalue weighted by molar-refractivity contribution is -0.140. The van der Waals surface area contributed by atoms with Crippen LogP contribution in [0.5, 0.6) is 11.5 Å². The zero-order valence-corrected chi connectivity index (χ0v) is 26.0. The fourth-order valence-electron chi connectivity index (χ4n) is 4.47. The van der Waals surface area contributed by atoms with Crippen molar-refractivity contribution in [3.05, 3.63) is 89.5 Å². The predicted molar refractivity (Wildman–Crippen MR) is 165 cm³/mol. The summed E-state index contributed by atoms with van der Waals surface area (Å²) in [5, 5.41) is 3.03. The van der Waals surface area contributed by atoms with E-state index in [9.17, 15) is 18.0 Å². The minimum Gasteiger partial charge on any atom is -0.497 e. The SMILES string of the molecule is CC[C@@H](C)NC(=O)[C@H](Cc1ccccc1)N(Cc1ccc(C)cc1)C(=O)CN(c1cc(OC)ccc1OC)S(C)(=O)=O. The van der Waals surface area contributed by atoms with Gasteiger partial charge in [-0.1, -0.05) is 67.1 Å². The number of benzene rings is 3. The number of rotatable bonds is 14. The van der Waals surface area contributed by atoms with Crippen LogP contribution in [0.3, 0.4) is 0 Å². The summed E-state index contributed by atoms with van der Waals surface area (Å²) in [7, 11) is -1.07. The Morgan fingerprint density at radius 2 is 1.60 bits per heavy atom. The van der Waals surface area contributed by atoms with E-state index in [4.69, 9.17) is 9.47 Å². The van der Waals surface area contributed by atoms with Gasteiger partial charge in [0.2, 0.25) is 21.8 Å². The van der Waals surface area contributed by atoms with Crippen LogP contribution in [0.25, 0.3) is 0 Å². The fraction of sp³-hybridized carbons (Fsp3) is 0.375. The minimum absolute atomic E-state index is 0.109. The molecule has 0 bridgehead atoms. The third kappa shape index (κ3) is 8.72. The van der Waals surface area contributed by atoms with Crippen LogP contribution < -0.4 is 19.1 Å². The van der Waals surface area contributed by atoms with Gasteiger partial charge < -0.3 is 19.7 Å². The van der Waals surface area contributed by atoms with Gasteiger partial charge in [-0.15, -0.1) is 0 Å². The highest BCUT2D eigenvalue weighted by Crippen LogP contribution is 2.34. The van der Waals surface area contributed by atoms with Crippen molar-refractivity contribution in [2.45, 2.75) is 52.2 Å². The molecule has 0 radical (unpaired) electrons. The molecule has 0 saturated heterocycles. The quantitative estimate of drug-likeness (QED) is 0.298. The summed E-state index contributed by atoms with van der Waals surface area (Å²) in [5.41, 5.74) is 2.90. The monoisotopic (exact) mass is 595 g/mol. The van der Waals surface area contributed by atoms with Crippen LogP contribution in [-0.4, -0.2) is 64.2 Å². The Kier molecular flexibility index (Phi) is 11.4. The number of aryl methyl sites for hydroxylation is 1. The zero-order chi connectivity index (χ0) is 30.9. The summed E-state index contributed by atoms with van der Waals surface area (Å²) in [5.74, 6) is -0.183. The second-order valence-corrected chi connectivity index (χ2v) is 12.2. The van der Waals surface area contributed by atoms with Crippen molar-refractivity contribution in [3.63, 3.8) is 0 Å². The van der Waals surface area contributed by atoms with Gasteiger partial charge >= 0.3 is 0 Å². The van der Waals surface area contributed by atoms with Gasteiger partial charge in [0.1, 0.15) is 24.1 Å². The maximum absolute atomic E-state index is 14.3. The normalized spacial score (nSPS) is 12.6. The molecular formula is C32H41N3O6S. The molecule has 226 valence electrons. The maximum atomic E-state index is 14.3. The van der Waals surface area contributed by atoms with Gasteiger partial charge in [0.05, 0.1) is 26.2 Å². The number of sulfonamides is 1. The van der Waals surface area contributed by atoms with Crippen molar-refractivity contribution in [1.29, 1.82) is 0 Å². The molecule has 0 fully saturated rings. The Labute approximate surface area is 249 Å². The van der Waals surface area contributed by atoms with Gasteiger partial charge in [-0.3, -0.25) is 13.9 Å². The molecule has 3 aromatic carbocycles. The molecule has 0 heterocycles. The summed E-state index contributed by atoms with van der Waals surface area (Å²) in [6.07, 6.45) is 2.00. The number of hydrogen-bond donors (Lipinski definition) is 1. The number of ether oxygens (including phenoxy) is 2. The van der Waals surface area contributed by atoms with Crippen molar-refractivity contribution < 1.29 is 27.5 Å². The third-order valence-corrected chi connectivity index (χ3v) is 8.21. The van der Waals surface area contributed by atoms with Crippen LogP contribution in [0.4, 0.5) is 5.69 Å². The summed E-state index contributed by atoms with van der Waals surface area (Å²) < 4.78 is 38.0. The first-order valence-electron chi connectivity index (χ1n) is 13.9. The summed E-state index contributed by atoms with van der Waals surface area (Å²) in [6.45, 7) is 5.41. The van der Waals surface area contributed by atoms with E-state index in [1.54, 1.807) is 12.1 Å². The van der Waals surface area contributed by atoms with E-state index in [2.05, 4.69) is 5.32 Å². The topological polar surface area (TPSA) is 105 Å². The molecule has 42 heavy (non-hydrogen) atoms. The molecule has 10 heteroatoms. The first-order valence-corrected chi connectivity index (χ1v) is 15.7. The molecule has 0 saturated carbocycles. The van der Waals surface area contributed by atoms with Gasteiger partial charge in [-0.25, -0.2) is 8.42 Å². The molecule has 2 atom stereocenters. The Bertz CT molecular complexity index is 1440. The predicted octanol–water partition coefficient (Wildman–Crippen LogP) is 4.33. The van der Waals surface area contributed by atoms with Crippen LogP contribution in [0, 0.1) is 6.92 Å². The number of carbonyl (C=O) groups is 2. The Morgan fingerprint density at radius 3 is 2.17 bits per heavy atom. The van der Waals surface area contributed by atoms with E-state index in [0.29, 0.717) is 12.2 Å². The largest absolute Gasteiger partial charge is 0.497 e. The molecule has 3 rings (SSSR count). The molecule has 3 aromatic rings. The molecular weight excluding hydrogens is 554 g/mol. The third-order valence-electron chi connectivity index (χ3n) is 7.08. The van der Waals surface area contributed by atoms with Crippen molar-refractivity contribution in [3.8, 4) is 11.5 Å². The summed E-state index contributed by atoms with van der Waals surface area (Å²) >= 11 is 0. The highest BCUT2D eigenvalue weighted by atomic mass is 32.2. The Balaban J connectivity index is 2.11. The molecule has 2 amide bonds. The molecule has 0 unspecified atom stereocenters. The first-order chi connectivity index (χ1) is 20.0. The second kappa shape index (κ2) is 14.7. The number of hydrogen-bond acceptors (Lipinski definition) is 6. The van der Waals surface area contributed by atoms with E-state index in [1.165, 1.54) is 25.2 Å². The Hall–Kier alpha value is -4.05. The highest BCUT2D eigenvalue weighted by molar-refractivity contribution is 7.92. The van der Waals surface area contributed by atoms with Crippen LogP contribution in [0.1, 0.15) is 37.0 Å². The van der Waals surface area contributed by atoms with Crippen molar-refractivity contribution in [1.82, 2.24) is 10.2 Å². The van der Waals surface area contributed by atoms with E-state index in [-0.39, 0.29) is 36.4 Å². The molecule has 1 N–H and O–H groups in total. The Morgan fingerprint density at radius 1 is 0.929 bits per heavy atom.